The number of ether oxygens (including phenoxy) is 1. The van der Waals surface area contributed by atoms with Crippen LogP contribution in [0.5, 0.6) is 0 Å². The fourth-order valence-electron chi connectivity index (χ4n) is 6.57. The summed E-state index contributed by atoms with van der Waals surface area (Å²) in [6.45, 7) is 4.37. The average Bonchev–Trinajstić information content (AvgIpc) is 3.95. The molecule has 260 valence electrons. The van der Waals surface area contributed by atoms with Gasteiger partial charge in [0.2, 0.25) is 11.8 Å². The number of H-pyrrole nitrogens is 2. The molecular formula is C36H40N8O6. The van der Waals surface area contributed by atoms with Crippen LogP contribution in [0.25, 0.3) is 22.2 Å². The molecule has 4 atom stereocenters. The van der Waals surface area contributed by atoms with Gasteiger partial charge in [-0.15, -0.1) is 0 Å². The number of benzene rings is 2. The van der Waals surface area contributed by atoms with E-state index >= 15 is 0 Å². The van der Waals surface area contributed by atoms with Crippen LogP contribution in [-0.4, -0.2) is 103 Å². The number of aromatic nitrogens is 4. The van der Waals surface area contributed by atoms with Crippen molar-refractivity contribution in [1.82, 2.24) is 40.0 Å². The third kappa shape index (κ3) is 6.98. The number of hydrogen-bond acceptors (Lipinski definition) is 7. The maximum Gasteiger partial charge on any atom is 0.407 e. The standard InChI is InChI=1S/C36H40N8O6/c1-21(38-35(47)50-4)33(45)43-17-5-7-29(43)31-37-20-26(39-31)15-11-23-9-12-24(13-10-23)25-14-16-27-28(19-25)41-32(40-27)30-8-6-18-44(30)34(46)22(2)42(3)36(48)49/h9-10,12-14,16,19-22,29-30H,5-8,17-18H2,1-4H3,(H,37,39)(H,38,47)(H,40,41)(H,48,49)/t21-,22-,29-,30-/m0/s1. The van der Waals surface area contributed by atoms with Crippen molar-refractivity contribution in [2.75, 3.05) is 27.2 Å². The summed E-state index contributed by atoms with van der Waals surface area (Å²) >= 11 is 0. The van der Waals surface area contributed by atoms with Gasteiger partial charge < -0.3 is 34.9 Å². The van der Waals surface area contributed by atoms with Crippen LogP contribution in [0.2, 0.25) is 0 Å². The lowest BCUT2D eigenvalue weighted by atomic mass is 10.0. The van der Waals surface area contributed by atoms with E-state index in [2.05, 4.69) is 36.8 Å². The van der Waals surface area contributed by atoms with E-state index in [0.717, 1.165) is 58.3 Å². The van der Waals surface area contributed by atoms with Crippen molar-refractivity contribution in [3.05, 3.63) is 71.6 Å². The maximum absolute atomic E-state index is 13.2. The molecule has 2 saturated heterocycles. The summed E-state index contributed by atoms with van der Waals surface area (Å²) < 4.78 is 4.62. The third-order valence-corrected chi connectivity index (χ3v) is 9.49. The van der Waals surface area contributed by atoms with Crippen molar-refractivity contribution in [3.63, 3.8) is 0 Å². The normalized spacial score (nSPS) is 18.3. The van der Waals surface area contributed by atoms with E-state index in [1.165, 1.54) is 14.2 Å². The number of fused-ring (bicyclic) bond motifs is 1. The Hall–Kier alpha value is -5.84. The maximum atomic E-state index is 13.2. The highest BCUT2D eigenvalue weighted by Crippen LogP contribution is 2.34. The molecule has 0 bridgehead atoms. The van der Waals surface area contributed by atoms with E-state index in [1.54, 1.807) is 29.8 Å². The minimum atomic E-state index is -1.14. The Morgan fingerprint density at radius 3 is 2.28 bits per heavy atom. The summed E-state index contributed by atoms with van der Waals surface area (Å²) in [6, 6.07) is 11.9. The molecule has 6 rings (SSSR count). The summed E-state index contributed by atoms with van der Waals surface area (Å²) in [5.74, 6) is 7.23. The highest BCUT2D eigenvalue weighted by Gasteiger charge is 2.37. The van der Waals surface area contributed by atoms with Crippen molar-refractivity contribution in [2.24, 2.45) is 0 Å². The number of imidazole rings is 2. The molecule has 50 heavy (non-hydrogen) atoms. The minimum absolute atomic E-state index is 0.195. The molecule has 2 aliphatic rings. The van der Waals surface area contributed by atoms with Gasteiger partial charge in [0.1, 0.15) is 29.4 Å². The topological polar surface area (TPSA) is 177 Å². The number of hydrogen-bond donors (Lipinski definition) is 4. The summed E-state index contributed by atoms with van der Waals surface area (Å²) in [5.41, 5.74) is 5.09. The zero-order chi connectivity index (χ0) is 35.5. The molecule has 0 radical (unpaired) electrons. The fraction of sp³-hybridized carbons (Fsp3) is 0.389. The van der Waals surface area contributed by atoms with Gasteiger partial charge in [-0.1, -0.05) is 24.1 Å². The summed E-state index contributed by atoms with van der Waals surface area (Å²) in [4.78, 5) is 69.6. The average molecular weight is 681 g/mol. The second-order valence-electron chi connectivity index (χ2n) is 12.7. The molecule has 14 nitrogen and oxygen atoms in total. The molecule has 0 spiro atoms. The van der Waals surface area contributed by atoms with Gasteiger partial charge in [-0.2, -0.15) is 0 Å². The molecule has 4 aromatic rings. The molecule has 4 heterocycles. The lowest BCUT2D eigenvalue weighted by Gasteiger charge is -2.29. The van der Waals surface area contributed by atoms with Gasteiger partial charge in [0.25, 0.3) is 0 Å². The van der Waals surface area contributed by atoms with Gasteiger partial charge >= 0.3 is 12.2 Å². The first-order chi connectivity index (χ1) is 24.0. The lowest BCUT2D eigenvalue weighted by Crippen LogP contribution is -2.47. The number of nitrogens with zero attached hydrogens (tertiary/aromatic N) is 5. The van der Waals surface area contributed by atoms with Crippen LogP contribution in [0.15, 0.2) is 48.7 Å². The van der Waals surface area contributed by atoms with Gasteiger partial charge in [-0.3, -0.25) is 14.5 Å². The quantitative estimate of drug-likeness (QED) is 0.207. The van der Waals surface area contributed by atoms with Crippen LogP contribution < -0.4 is 5.32 Å². The summed E-state index contributed by atoms with van der Waals surface area (Å²) in [7, 11) is 2.66. The number of methoxy groups -OCH3 is 1. The van der Waals surface area contributed by atoms with Crippen molar-refractivity contribution in [3.8, 4) is 23.0 Å². The monoisotopic (exact) mass is 680 g/mol. The van der Waals surface area contributed by atoms with Gasteiger partial charge in [0, 0.05) is 25.7 Å². The number of carboxylic acid groups (broad SMARTS) is 1. The highest BCUT2D eigenvalue weighted by atomic mass is 16.5. The van der Waals surface area contributed by atoms with E-state index in [4.69, 9.17) is 4.98 Å². The van der Waals surface area contributed by atoms with E-state index < -0.39 is 24.3 Å². The van der Waals surface area contributed by atoms with Gasteiger partial charge in [-0.05, 0) is 80.8 Å². The highest BCUT2D eigenvalue weighted by molar-refractivity contribution is 5.87. The molecular weight excluding hydrogens is 640 g/mol. The van der Waals surface area contributed by atoms with Gasteiger partial charge in [-0.25, -0.2) is 19.6 Å². The van der Waals surface area contributed by atoms with Crippen LogP contribution in [0.3, 0.4) is 0 Å². The van der Waals surface area contributed by atoms with Crippen molar-refractivity contribution >= 4 is 35.0 Å². The number of likely N-dealkylation sites (N-methyl/N-ethyl adjacent to an activating group) is 1. The van der Waals surface area contributed by atoms with E-state index in [-0.39, 0.29) is 23.9 Å². The van der Waals surface area contributed by atoms with E-state index in [1.807, 2.05) is 42.5 Å². The zero-order valence-corrected chi connectivity index (χ0v) is 28.4. The first kappa shape index (κ1) is 34.0. The SMILES string of the molecule is COC(=O)N[C@@H](C)C(=O)N1CCC[C@H]1c1ncc(C#Cc2ccc(-c3ccc4nc([C@@H]5CCCN5C(=O)[C@H](C)N(C)C(=O)O)[nH]c4c3)cc2)[nH]1. The first-order valence-electron chi connectivity index (χ1n) is 16.6. The lowest BCUT2D eigenvalue weighted by molar-refractivity contribution is -0.136. The van der Waals surface area contributed by atoms with E-state index in [9.17, 15) is 24.3 Å². The second kappa shape index (κ2) is 14.3. The molecule has 2 aliphatic heterocycles. The molecule has 4 N–H and O–H groups in total. The van der Waals surface area contributed by atoms with Crippen molar-refractivity contribution < 1.29 is 29.0 Å². The Labute approximate surface area is 289 Å². The molecule has 0 saturated carbocycles. The number of carbonyl (C=O) groups is 4. The Kier molecular flexibility index (Phi) is 9.76. The second-order valence-corrected chi connectivity index (χ2v) is 12.7. The number of likely N-dealkylation sites (tertiary alicyclic amines) is 2. The Morgan fingerprint density at radius 1 is 0.940 bits per heavy atom. The smallest absolute Gasteiger partial charge is 0.407 e. The third-order valence-electron chi connectivity index (χ3n) is 9.49. The number of carbonyl (C=O) groups excluding carboxylic acids is 3. The molecule has 14 heteroatoms. The summed E-state index contributed by atoms with van der Waals surface area (Å²) in [6.07, 6.45) is 3.02. The zero-order valence-electron chi connectivity index (χ0n) is 28.4. The van der Waals surface area contributed by atoms with Gasteiger partial charge in [0.15, 0.2) is 0 Å². The predicted octanol–water partition coefficient (Wildman–Crippen LogP) is 4.42. The van der Waals surface area contributed by atoms with Crippen LogP contribution in [0.1, 0.15) is 74.5 Å². The number of rotatable bonds is 7. The largest absolute Gasteiger partial charge is 0.465 e. The molecule has 2 fully saturated rings. The Bertz CT molecular complexity index is 1970. The minimum Gasteiger partial charge on any atom is -0.465 e. The Balaban J connectivity index is 1.12. The number of amides is 4. The molecule has 0 unspecified atom stereocenters. The number of nitrogens with one attached hydrogen (secondary N) is 3. The fourth-order valence-corrected chi connectivity index (χ4v) is 6.57. The molecule has 2 aromatic carbocycles. The first-order valence-corrected chi connectivity index (χ1v) is 16.6. The van der Waals surface area contributed by atoms with Crippen LogP contribution >= 0.6 is 0 Å². The van der Waals surface area contributed by atoms with E-state index in [0.29, 0.717) is 30.4 Å². The Morgan fingerprint density at radius 2 is 1.60 bits per heavy atom. The van der Waals surface area contributed by atoms with Crippen LogP contribution in [0, 0.1) is 11.8 Å². The predicted molar refractivity (Wildman–Crippen MR) is 184 cm³/mol. The number of aromatic amines is 2. The van der Waals surface area contributed by atoms with Gasteiger partial charge in [0.05, 0.1) is 36.4 Å². The molecule has 4 amide bonds. The number of alkyl carbamates (subject to hydrolysis) is 1. The summed E-state index contributed by atoms with van der Waals surface area (Å²) in [5, 5.41) is 11.9. The van der Waals surface area contributed by atoms with Crippen LogP contribution in [-0.2, 0) is 14.3 Å². The van der Waals surface area contributed by atoms with Crippen molar-refractivity contribution in [1.29, 1.82) is 0 Å². The van der Waals surface area contributed by atoms with Crippen molar-refractivity contribution in [2.45, 2.75) is 63.7 Å². The molecule has 2 aromatic heterocycles. The van der Waals surface area contributed by atoms with Crippen LogP contribution in [0.4, 0.5) is 9.59 Å². The molecule has 0 aliphatic carbocycles.